The van der Waals surface area contributed by atoms with Crippen molar-refractivity contribution < 1.29 is 10.2 Å². The molecule has 1 spiro atoms. The van der Waals surface area contributed by atoms with Crippen LogP contribution < -0.4 is 5.32 Å². The van der Waals surface area contributed by atoms with Crippen molar-refractivity contribution >= 4 is 5.71 Å². The number of para-hydroxylation sites is 2. The lowest BCUT2D eigenvalue weighted by molar-refractivity contribution is 0.119. The molecule has 1 fully saturated rings. The molecule has 0 saturated carbocycles. The van der Waals surface area contributed by atoms with Gasteiger partial charge in [0.2, 0.25) is 0 Å². The number of likely N-dealkylation sites (tertiary alicyclic amines) is 1. The van der Waals surface area contributed by atoms with E-state index in [1.54, 1.807) is 12.1 Å². The van der Waals surface area contributed by atoms with Gasteiger partial charge in [-0.2, -0.15) is 0 Å². The molecule has 1 atom stereocenters. The van der Waals surface area contributed by atoms with E-state index in [4.69, 9.17) is 4.99 Å². The molecule has 3 aromatic carbocycles. The highest BCUT2D eigenvalue weighted by Crippen LogP contribution is 2.38. The number of phenolic OH excluding ortho intramolecular Hbond substituents is 2. The lowest BCUT2D eigenvalue weighted by atomic mass is 9.87. The van der Waals surface area contributed by atoms with E-state index in [2.05, 4.69) is 40.5 Å². The molecule has 5 heteroatoms. The van der Waals surface area contributed by atoms with Crippen LogP contribution in [0.3, 0.4) is 0 Å². The quantitative estimate of drug-likeness (QED) is 0.569. The Bertz CT molecular complexity index is 1100. The number of piperidine rings is 1. The first-order chi connectivity index (χ1) is 15.6. The van der Waals surface area contributed by atoms with Gasteiger partial charge < -0.3 is 10.2 Å². The fraction of sp³-hybridized carbons (Fsp3) is 0.296. The Morgan fingerprint density at radius 2 is 1.50 bits per heavy atom. The van der Waals surface area contributed by atoms with E-state index in [1.165, 1.54) is 5.56 Å². The molecule has 0 radical (unpaired) electrons. The zero-order chi connectivity index (χ0) is 22.0. The summed E-state index contributed by atoms with van der Waals surface area (Å²) in [5.74, 6) is 0.543. The van der Waals surface area contributed by atoms with Gasteiger partial charge in [-0.25, -0.2) is 0 Å². The summed E-state index contributed by atoms with van der Waals surface area (Å²) >= 11 is 0. The average Bonchev–Trinajstić information content (AvgIpc) is 2.82. The molecule has 0 aliphatic carbocycles. The molecule has 1 unspecified atom stereocenters. The summed E-state index contributed by atoms with van der Waals surface area (Å²) in [4.78, 5) is 7.66. The Morgan fingerprint density at radius 1 is 0.844 bits per heavy atom. The van der Waals surface area contributed by atoms with Crippen LogP contribution in [0.2, 0.25) is 0 Å². The lowest BCUT2D eigenvalue weighted by Crippen LogP contribution is -2.55. The van der Waals surface area contributed by atoms with Crippen LogP contribution in [0.5, 0.6) is 11.5 Å². The van der Waals surface area contributed by atoms with Crippen molar-refractivity contribution in [1.82, 2.24) is 10.2 Å². The molecule has 2 aliphatic rings. The molecule has 3 aromatic rings. The van der Waals surface area contributed by atoms with Gasteiger partial charge in [-0.05, 0) is 36.6 Å². The highest BCUT2D eigenvalue weighted by molar-refractivity contribution is 6.03. The minimum absolute atomic E-state index is 0.0658. The molecule has 0 bridgehead atoms. The highest BCUT2D eigenvalue weighted by Gasteiger charge is 2.40. The van der Waals surface area contributed by atoms with Crippen molar-refractivity contribution in [3.8, 4) is 11.5 Å². The van der Waals surface area contributed by atoms with E-state index in [1.807, 2.05) is 36.4 Å². The third-order valence-corrected chi connectivity index (χ3v) is 6.65. The van der Waals surface area contributed by atoms with Crippen molar-refractivity contribution in [2.75, 3.05) is 13.1 Å². The van der Waals surface area contributed by atoms with Crippen LogP contribution in [-0.4, -0.2) is 39.6 Å². The Morgan fingerprint density at radius 3 is 2.22 bits per heavy atom. The molecule has 32 heavy (non-hydrogen) atoms. The van der Waals surface area contributed by atoms with E-state index >= 15 is 0 Å². The Balaban J connectivity index is 1.43. The maximum atomic E-state index is 10.5. The second kappa shape index (κ2) is 8.77. The molecule has 164 valence electrons. The van der Waals surface area contributed by atoms with Gasteiger partial charge in [0.15, 0.2) is 0 Å². The molecule has 5 nitrogen and oxygen atoms in total. The fourth-order valence-electron chi connectivity index (χ4n) is 4.94. The summed E-state index contributed by atoms with van der Waals surface area (Å²) in [5.41, 5.74) is 3.47. The van der Waals surface area contributed by atoms with Gasteiger partial charge in [-0.3, -0.25) is 15.2 Å². The SMILES string of the molecule is Oc1ccccc1C1=NC2(CCN(Cc3ccccc3)CC2)NC(c2ccccc2O)C1. The van der Waals surface area contributed by atoms with Crippen LogP contribution in [0.1, 0.15) is 42.0 Å². The molecule has 0 aromatic heterocycles. The van der Waals surface area contributed by atoms with Crippen molar-refractivity contribution in [2.24, 2.45) is 4.99 Å². The third-order valence-electron chi connectivity index (χ3n) is 6.65. The summed E-state index contributed by atoms with van der Waals surface area (Å²) in [7, 11) is 0. The number of aromatic hydroxyl groups is 2. The predicted molar refractivity (Wildman–Crippen MR) is 127 cm³/mol. The van der Waals surface area contributed by atoms with E-state index in [0.29, 0.717) is 12.2 Å². The van der Waals surface area contributed by atoms with E-state index in [0.717, 1.165) is 49.3 Å². The molecule has 2 aliphatic heterocycles. The van der Waals surface area contributed by atoms with E-state index in [9.17, 15) is 10.2 Å². The van der Waals surface area contributed by atoms with Crippen LogP contribution in [0, 0.1) is 0 Å². The minimum Gasteiger partial charge on any atom is -0.508 e. The highest BCUT2D eigenvalue weighted by atomic mass is 16.3. The number of nitrogens with zero attached hydrogens (tertiary/aromatic N) is 2. The largest absolute Gasteiger partial charge is 0.508 e. The van der Waals surface area contributed by atoms with Gasteiger partial charge in [-0.15, -0.1) is 0 Å². The third kappa shape index (κ3) is 4.27. The lowest BCUT2D eigenvalue weighted by Gasteiger charge is -2.45. The van der Waals surface area contributed by atoms with Crippen LogP contribution in [0.25, 0.3) is 0 Å². The van der Waals surface area contributed by atoms with Crippen LogP contribution >= 0.6 is 0 Å². The van der Waals surface area contributed by atoms with Crippen molar-refractivity contribution in [2.45, 2.75) is 37.5 Å². The number of hydrogen-bond acceptors (Lipinski definition) is 5. The number of phenols is 2. The summed E-state index contributed by atoms with van der Waals surface area (Å²) in [6.07, 6.45) is 2.37. The van der Waals surface area contributed by atoms with Gasteiger partial charge in [0.25, 0.3) is 0 Å². The standard InChI is InChI=1S/C27H29N3O2/c31-25-12-6-4-10-21(25)23-18-24(22-11-5-7-13-26(22)32)29-27(28-23)14-16-30(17-15-27)19-20-8-2-1-3-9-20/h1-13,23,28,31-32H,14-19H2. The van der Waals surface area contributed by atoms with Gasteiger partial charge in [0.1, 0.15) is 17.2 Å². The zero-order valence-electron chi connectivity index (χ0n) is 18.1. The molecule has 1 saturated heterocycles. The van der Waals surface area contributed by atoms with Gasteiger partial charge in [0, 0.05) is 48.9 Å². The number of rotatable bonds is 4. The summed E-state index contributed by atoms with van der Waals surface area (Å²) in [6.45, 7) is 2.82. The first kappa shape index (κ1) is 20.7. The number of hydrogen-bond donors (Lipinski definition) is 3. The minimum atomic E-state index is -0.407. The Kier molecular flexibility index (Phi) is 5.68. The zero-order valence-corrected chi connectivity index (χ0v) is 18.1. The molecular formula is C27H29N3O2. The fourth-order valence-corrected chi connectivity index (χ4v) is 4.94. The smallest absolute Gasteiger partial charge is 0.124 e. The first-order valence-corrected chi connectivity index (χ1v) is 11.3. The van der Waals surface area contributed by atoms with Crippen LogP contribution in [0.4, 0.5) is 0 Å². The van der Waals surface area contributed by atoms with Crippen molar-refractivity contribution in [1.29, 1.82) is 0 Å². The van der Waals surface area contributed by atoms with Crippen molar-refractivity contribution in [3.63, 3.8) is 0 Å². The summed E-state index contributed by atoms with van der Waals surface area (Å²) < 4.78 is 0. The van der Waals surface area contributed by atoms with Crippen LogP contribution in [-0.2, 0) is 6.54 Å². The Hall–Kier alpha value is -3.15. The first-order valence-electron chi connectivity index (χ1n) is 11.3. The van der Waals surface area contributed by atoms with E-state index < -0.39 is 5.66 Å². The maximum absolute atomic E-state index is 10.5. The maximum Gasteiger partial charge on any atom is 0.124 e. The van der Waals surface area contributed by atoms with Gasteiger partial charge >= 0.3 is 0 Å². The van der Waals surface area contributed by atoms with Gasteiger partial charge in [-0.1, -0.05) is 60.7 Å². The molecule has 2 heterocycles. The van der Waals surface area contributed by atoms with Crippen molar-refractivity contribution in [3.05, 3.63) is 95.6 Å². The van der Waals surface area contributed by atoms with E-state index in [-0.39, 0.29) is 11.8 Å². The monoisotopic (exact) mass is 427 g/mol. The second-order valence-electron chi connectivity index (χ2n) is 8.83. The normalized spacial score (nSPS) is 20.8. The van der Waals surface area contributed by atoms with Crippen LogP contribution in [0.15, 0.2) is 83.9 Å². The summed E-state index contributed by atoms with van der Waals surface area (Å²) in [6, 6.07) is 25.4. The number of nitrogens with one attached hydrogen (secondary N) is 1. The molecule has 3 N–H and O–H groups in total. The number of benzene rings is 3. The topological polar surface area (TPSA) is 68.1 Å². The molecule has 0 amide bonds. The average molecular weight is 428 g/mol. The van der Waals surface area contributed by atoms with Gasteiger partial charge in [0.05, 0.1) is 0 Å². The predicted octanol–water partition coefficient (Wildman–Crippen LogP) is 4.61. The Labute approximate surface area is 189 Å². The molecular weight excluding hydrogens is 398 g/mol. The summed E-state index contributed by atoms with van der Waals surface area (Å²) in [5, 5.41) is 24.8. The molecule has 5 rings (SSSR count). The second-order valence-corrected chi connectivity index (χ2v) is 8.83. The number of aliphatic imine (C=N–C) groups is 1.